The van der Waals surface area contributed by atoms with Crippen LogP contribution < -0.4 is 5.73 Å². The predicted molar refractivity (Wildman–Crippen MR) is 108 cm³/mol. The number of amides is 1. The first-order chi connectivity index (χ1) is 12.4. The zero-order valence-electron chi connectivity index (χ0n) is 16.1. The lowest BCUT2D eigenvalue weighted by Crippen LogP contribution is -2.30. The van der Waals surface area contributed by atoms with Crippen molar-refractivity contribution in [3.8, 4) is 11.3 Å². The largest absolute Gasteiger partial charge is 0.338 e. The monoisotopic (exact) mass is 370 g/mol. The van der Waals surface area contributed by atoms with E-state index in [1.807, 2.05) is 25.7 Å². The van der Waals surface area contributed by atoms with E-state index in [9.17, 15) is 4.79 Å². The minimum atomic E-state index is 0.0686. The Labute approximate surface area is 158 Å². The van der Waals surface area contributed by atoms with Crippen LogP contribution in [-0.4, -0.2) is 33.3 Å². The van der Waals surface area contributed by atoms with E-state index in [0.717, 1.165) is 32.5 Å². The number of carbonyl (C=O) groups excluding carboxylic acids is 1. The van der Waals surface area contributed by atoms with Gasteiger partial charge in [0.15, 0.2) is 4.96 Å². The quantitative estimate of drug-likeness (QED) is 0.740. The highest BCUT2D eigenvalue weighted by Crippen LogP contribution is 2.33. The number of carbonyl (C=O) groups is 1. The molecule has 3 rings (SSSR count). The standard InChI is InChI=1S/C20H26N4OS/c1-6-23(7-2)19(25)18-14(5)24-16(11-21)17(22-20(24)26-18)15-9-8-12(3)10-13(15)4/h8-10H,6-7,11,21H2,1-5H3. The van der Waals surface area contributed by atoms with Crippen LogP contribution in [0.15, 0.2) is 18.2 Å². The maximum absolute atomic E-state index is 12.8. The lowest BCUT2D eigenvalue weighted by molar-refractivity contribution is 0.0776. The molecule has 1 aromatic carbocycles. The normalized spacial score (nSPS) is 11.3. The van der Waals surface area contributed by atoms with Crippen molar-refractivity contribution in [1.82, 2.24) is 14.3 Å². The third-order valence-electron chi connectivity index (χ3n) is 4.87. The summed E-state index contributed by atoms with van der Waals surface area (Å²) in [5.41, 5.74) is 12.4. The zero-order valence-corrected chi connectivity index (χ0v) is 16.9. The fraction of sp³-hybridized carbons (Fsp3) is 0.400. The molecule has 0 aliphatic rings. The molecule has 5 nitrogen and oxygen atoms in total. The zero-order chi connectivity index (χ0) is 19.0. The lowest BCUT2D eigenvalue weighted by Gasteiger charge is -2.17. The summed E-state index contributed by atoms with van der Waals surface area (Å²) in [6, 6.07) is 6.36. The van der Waals surface area contributed by atoms with Crippen molar-refractivity contribution in [3.63, 3.8) is 0 Å². The maximum atomic E-state index is 12.8. The fourth-order valence-corrected chi connectivity index (χ4v) is 4.56. The van der Waals surface area contributed by atoms with Gasteiger partial charge in [-0.25, -0.2) is 4.98 Å². The summed E-state index contributed by atoms with van der Waals surface area (Å²) in [5.74, 6) is 0.0686. The second-order valence-corrected chi connectivity index (χ2v) is 7.52. The Hall–Kier alpha value is -2.18. The van der Waals surface area contributed by atoms with Crippen LogP contribution in [0, 0.1) is 20.8 Å². The Bertz CT molecular complexity index is 966. The van der Waals surface area contributed by atoms with E-state index >= 15 is 0 Å². The van der Waals surface area contributed by atoms with Crippen molar-refractivity contribution in [2.24, 2.45) is 5.73 Å². The molecule has 2 aromatic heterocycles. The van der Waals surface area contributed by atoms with Crippen molar-refractivity contribution >= 4 is 22.2 Å². The van der Waals surface area contributed by atoms with E-state index in [-0.39, 0.29) is 5.91 Å². The molecule has 2 heterocycles. The number of imidazole rings is 1. The Morgan fingerprint density at radius 2 is 1.92 bits per heavy atom. The summed E-state index contributed by atoms with van der Waals surface area (Å²) in [6.45, 7) is 11.9. The molecule has 0 radical (unpaired) electrons. The minimum absolute atomic E-state index is 0.0686. The lowest BCUT2D eigenvalue weighted by atomic mass is 10.0. The van der Waals surface area contributed by atoms with Gasteiger partial charge >= 0.3 is 0 Å². The van der Waals surface area contributed by atoms with E-state index in [4.69, 9.17) is 10.7 Å². The molecule has 6 heteroatoms. The van der Waals surface area contributed by atoms with Crippen LogP contribution in [0.2, 0.25) is 0 Å². The maximum Gasteiger partial charge on any atom is 0.265 e. The number of hydrogen-bond donors (Lipinski definition) is 1. The molecule has 0 atom stereocenters. The molecule has 26 heavy (non-hydrogen) atoms. The Balaban J connectivity index is 2.17. The van der Waals surface area contributed by atoms with Gasteiger partial charge in [0.05, 0.1) is 11.4 Å². The molecule has 1 amide bonds. The van der Waals surface area contributed by atoms with Crippen LogP contribution in [0.3, 0.4) is 0 Å². The van der Waals surface area contributed by atoms with Gasteiger partial charge < -0.3 is 10.6 Å². The summed E-state index contributed by atoms with van der Waals surface area (Å²) in [5, 5.41) is 0. The molecule has 0 spiro atoms. The molecule has 0 aliphatic heterocycles. The Kier molecular flexibility index (Phi) is 5.16. The fourth-order valence-electron chi connectivity index (χ4n) is 3.45. The van der Waals surface area contributed by atoms with Crippen molar-refractivity contribution in [2.45, 2.75) is 41.2 Å². The first kappa shape index (κ1) is 18.6. The third-order valence-corrected chi connectivity index (χ3v) is 6.01. The highest BCUT2D eigenvalue weighted by Gasteiger charge is 2.24. The van der Waals surface area contributed by atoms with E-state index in [0.29, 0.717) is 19.6 Å². The number of aryl methyl sites for hydroxylation is 3. The average Bonchev–Trinajstić information content (AvgIpc) is 3.12. The van der Waals surface area contributed by atoms with Crippen LogP contribution in [0.4, 0.5) is 0 Å². The van der Waals surface area contributed by atoms with E-state index in [2.05, 4.69) is 36.4 Å². The summed E-state index contributed by atoms with van der Waals surface area (Å²) in [6.07, 6.45) is 0. The number of nitrogens with zero attached hydrogens (tertiary/aromatic N) is 3. The molecule has 0 saturated carbocycles. The van der Waals surface area contributed by atoms with Crippen molar-refractivity contribution < 1.29 is 4.79 Å². The molecule has 0 aliphatic carbocycles. The average molecular weight is 371 g/mol. The van der Waals surface area contributed by atoms with E-state index in [1.54, 1.807) is 0 Å². The molecule has 0 bridgehead atoms. The van der Waals surface area contributed by atoms with Crippen molar-refractivity contribution in [2.75, 3.05) is 13.1 Å². The van der Waals surface area contributed by atoms with Crippen LogP contribution in [0.1, 0.15) is 46.0 Å². The molecule has 0 saturated heterocycles. The van der Waals surface area contributed by atoms with Gasteiger partial charge in [0.2, 0.25) is 0 Å². The molecule has 138 valence electrons. The van der Waals surface area contributed by atoms with Gasteiger partial charge in [-0.2, -0.15) is 0 Å². The number of hydrogen-bond acceptors (Lipinski definition) is 4. The van der Waals surface area contributed by atoms with Gasteiger partial charge in [0.1, 0.15) is 4.88 Å². The number of thiazole rings is 1. The third kappa shape index (κ3) is 2.93. The first-order valence-corrected chi connectivity index (χ1v) is 9.82. The highest BCUT2D eigenvalue weighted by atomic mass is 32.1. The molecular weight excluding hydrogens is 344 g/mol. The second-order valence-electron chi connectivity index (χ2n) is 6.54. The summed E-state index contributed by atoms with van der Waals surface area (Å²) >= 11 is 1.45. The van der Waals surface area contributed by atoms with Crippen LogP contribution in [0.25, 0.3) is 16.2 Å². The van der Waals surface area contributed by atoms with Crippen LogP contribution in [0.5, 0.6) is 0 Å². The smallest absolute Gasteiger partial charge is 0.265 e. The second kappa shape index (κ2) is 7.21. The number of aromatic nitrogens is 2. The SMILES string of the molecule is CCN(CC)C(=O)c1sc2nc(-c3ccc(C)cc3C)c(CN)n2c1C. The topological polar surface area (TPSA) is 63.6 Å². The highest BCUT2D eigenvalue weighted by molar-refractivity contribution is 7.19. The molecule has 0 unspecified atom stereocenters. The first-order valence-electron chi connectivity index (χ1n) is 9.00. The predicted octanol–water partition coefficient (Wildman–Crippen LogP) is 3.93. The molecule has 2 N–H and O–H groups in total. The summed E-state index contributed by atoms with van der Waals surface area (Å²) in [4.78, 5) is 21.1. The van der Waals surface area contributed by atoms with Crippen LogP contribution >= 0.6 is 11.3 Å². The van der Waals surface area contributed by atoms with Gasteiger partial charge in [-0.05, 0) is 40.2 Å². The van der Waals surface area contributed by atoms with E-state index < -0.39 is 0 Å². The summed E-state index contributed by atoms with van der Waals surface area (Å²) < 4.78 is 2.05. The molecular formula is C20H26N4OS. The van der Waals surface area contributed by atoms with Crippen LogP contribution in [-0.2, 0) is 6.54 Å². The number of benzene rings is 1. The van der Waals surface area contributed by atoms with Gasteiger partial charge in [-0.15, -0.1) is 0 Å². The van der Waals surface area contributed by atoms with Gasteiger partial charge in [0.25, 0.3) is 5.91 Å². The van der Waals surface area contributed by atoms with Gasteiger partial charge in [-0.1, -0.05) is 35.1 Å². The number of fused-ring (bicyclic) bond motifs is 1. The Morgan fingerprint density at radius 3 is 2.50 bits per heavy atom. The molecule has 3 aromatic rings. The molecule has 0 fully saturated rings. The number of rotatable bonds is 5. The summed E-state index contributed by atoms with van der Waals surface area (Å²) in [7, 11) is 0. The van der Waals surface area contributed by atoms with E-state index in [1.165, 1.54) is 22.5 Å². The minimum Gasteiger partial charge on any atom is -0.338 e. The van der Waals surface area contributed by atoms with Gasteiger partial charge in [0, 0.05) is 30.9 Å². The van der Waals surface area contributed by atoms with Crippen molar-refractivity contribution in [3.05, 3.63) is 45.6 Å². The van der Waals surface area contributed by atoms with Gasteiger partial charge in [-0.3, -0.25) is 9.20 Å². The number of nitrogens with two attached hydrogens (primary N) is 1. The Morgan fingerprint density at radius 1 is 1.23 bits per heavy atom. The van der Waals surface area contributed by atoms with Crippen molar-refractivity contribution in [1.29, 1.82) is 0 Å².